The van der Waals surface area contributed by atoms with Gasteiger partial charge in [-0.1, -0.05) is 111 Å². The summed E-state index contributed by atoms with van der Waals surface area (Å²) in [6, 6.07) is 37.9. The molecule has 0 spiro atoms. The Morgan fingerprint density at radius 3 is 0.939 bits per heavy atom. The van der Waals surface area contributed by atoms with E-state index in [1.54, 1.807) is 60.7 Å². The molecule has 0 radical (unpaired) electrons. The van der Waals surface area contributed by atoms with Crippen molar-refractivity contribution in [2.75, 3.05) is 0 Å². The van der Waals surface area contributed by atoms with Crippen LogP contribution >= 0.6 is 0 Å². The molecule has 0 saturated heterocycles. The van der Waals surface area contributed by atoms with Crippen LogP contribution in [0.25, 0.3) is 0 Å². The van der Waals surface area contributed by atoms with Crippen LogP contribution in [0.4, 0.5) is 0 Å². The van der Waals surface area contributed by atoms with Crippen LogP contribution in [0.1, 0.15) is 45.7 Å². The van der Waals surface area contributed by atoms with Gasteiger partial charge in [0.2, 0.25) is 0 Å². The van der Waals surface area contributed by atoms with Crippen molar-refractivity contribution >= 4 is 11.9 Å². The molecule has 0 saturated carbocycles. The van der Waals surface area contributed by atoms with Crippen molar-refractivity contribution in [1.29, 1.82) is 0 Å². The van der Waals surface area contributed by atoms with E-state index >= 15 is 0 Å². The summed E-state index contributed by atoms with van der Waals surface area (Å²) >= 11 is 0. The van der Waals surface area contributed by atoms with Gasteiger partial charge in [0, 0.05) is 5.41 Å². The molecule has 0 aliphatic heterocycles. The SMILES string of the molecule is CC(C)(c1ccccc1)c1ccccc1.O=C(O)c1ccccc1.O=C(O)c1ccccc1. The Labute approximate surface area is 194 Å². The van der Waals surface area contributed by atoms with E-state index in [0.29, 0.717) is 11.1 Å². The zero-order valence-electron chi connectivity index (χ0n) is 18.8. The summed E-state index contributed by atoms with van der Waals surface area (Å²) in [5.41, 5.74) is 3.46. The molecule has 0 heterocycles. The van der Waals surface area contributed by atoms with Gasteiger partial charge < -0.3 is 10.2 Å². The third-order valence-corrected chi connectivity index (χ3v) is 5.03. The topological polar surface area (TPSA) is 74.6 Å². The fraction of sp³-hybridized carbons (Fsp3) is 0.103. The van der Waals surface area contributed by atoms with Crippen molar-refractivity contribution < 1.29 is 19.8 Å². The maximum atomic E-state index is 10.2. The van der Waals surface area contributed by atoms with Crippen molar-refractivity contribution in [2.45, 2.75) is 19.3 Å². The number of carbonyl (C=O) groups is 2. The third-order valence-electron chi connectivity index (χ3n) is 5.03. The van der Waals surface area contributed by atoms with E-state index in [9.17, 15) is 9.59 Å². The van der Waals surface area contributed by atoms with E-state index in [1.807, 2.05) is 0 Å². The molecule has 0 atom stereocenters. The Balaban J connectivity index is 0.000000186. The first-order valence-corrected chi connectivity index (χ1v) is 10.5. The fourth-order valence-electron chi connectivity index (χ4n) is 3.04. The summed E-state index contributed by atoms with van der Waals surface area (Å²) in [5, 5.41) is 16.8. The molecular formula is C29H28O4. The van der Waals surface area contributed by atoms with Gasteiger partial charge in [-0.15, -0.1) is 0 Å². The van der Waals surface area contributed by atoms with Crippen LogP contribution in [-0.2, 0) is 5.41 Å². The maximum Gasteiger partial charge on any atom is 0.335 e. The number of carboxylic acids is 2. The fourth-order valence-corrected chi connectivity index (χ4v) is 3.04. The summed E-state index contributed by atoms with van der Waals surface area (Å²) in [6.07, 6.45) is 0. The zero-order chi connectivity index (χ0) is 24.1. The van der Waals surface area contributed by atoms with E-state index in [1.165, 1.54) is 11.1 Å². The standard InChI is InChI=1S/C15H16.2C7H6O2/c1-15(2,13-9-5-3-6-10-13)14-11-7-4-8-12-14;2*8-7(9)6-4-2-1-3-5-6/h3-12H,1-2H3;2*1-5H,(H,8,9). The summed E-state index contributed by atoms with van der Waals surface area (Å²) in [4.78, 5) is 20.4. The molecule has 0 aromatic heterocycles. The predicted octanol–water partition coefficient (Wildman–Crippen LogP) is 6.78. The van der Waals surface area contributed by atoms with Crippen molar-refractivity contribution in [1.82, 2.24) is 0 Å². The molecule has 4 aromatic carbocycles. The van der Waals surface area contributed by atoms with Crippen LogP contribution in [0.5, 0.6) is 0 Å². The van der Waals surface area contributed by atoms with Gasteiger partial charge in [-0.3, -0.25) is 0 Å². The van der Waals surface area contributed by atoms with Gasteiger partial charge in [-0.05, 0) is 35.4 Å². The second kappa shape index (κ2) is 12.6. The molecule has 0 aliphatic carbocycles. The molecule has 0 fully saturated rings. The Morgan fingerprint density at radius 2 is 0.727 bits per heavy atom. The number of aromatic carboxylic acids is 2. The number of hydrogen-bond acceptors (Lipinski definition) is 2. The van der Waals surface area contributed by atoms with Gasteiger partial charge in [0.25, 0.3) is 0 Å². The highest BCUT2D eigenvalue weighted by Crippen LogP contribution is 2.30. The molecule has 168 valence electrons. The number of carboxylic acid groups (broad SMARTS) is 2. The number of hydrogen-bond donors (Lipinski definition) is 2. The molecule has 0 aliphatic rings. The van der Waals surface area contributed by atoms with Crippen molar-refractivity contribution in [3.05, 3.63) is 144 Å². The van der Waals surface area contributed by atoms with Crippen LogP contribution in [-0.4, -0.2) is 22.2 Å². The smallest absolute Gasteiger partial charge is 0.335 e. The first kappa shape index (κ1) is 25.1. The lowest BCUT2D eigenvalue weighted by Crippen LogP contribution is -2.18. The molecular weight excluding hydrogens is 412 g/mol. The predicted molar refractivity (Wildman–Crippen MR) is 132 cm³/mol. The number of rotatable bonds is 4. The van der Waals surface area contributed by atoms with Crippen LogP contribution in [0.15, 0.2) is 121 Å². The van der Waals surface area contributed by atoms with E-state index in [-0.39, 0.29) is 5.41 Å². The van der Waals surface area contributed by atoms with Gasteiger partial charge in [0.05, 0.1) is 11.1 Å². The zero-order valence-corrected chi connectivity index (χ0v) is 18.8. The number of benzene rings is 4. The molecule has 4 nitrogen and oxygen atoms in total. The largest absolute Gasteiger partial charge is 0.478 e. The molecule has 0 bridgehead atoms. The Hall–Kier alpha value is -4.18. The summed E-state index contributed by atoms with van der Waals surface area (Å²) in [6.45, 7) is 4.52. The lowest BCUT2D eigenvalue weighted by Gasteiger charge is -2.25. The average Bonchev–Trinajstić information content (AvgIpc) is 2.87. The van der Waals surface area contributed by atoms with E-state index < -0.39 is 11.9 Å². The lowest BCUT2D eigenvalue weighted by molar-refractivity contribution is 0.0686. The highest BCUT2D eigenvalue weighted by Gasteiger charge is 2.21. The summed E-state index contributed by atoms with van der Waals surface area (Å²) in [5.74, 6) is -1.76. The monoisotopic (exact) mass is 440 g/mol. The van der Waals surface area contributed by atoms with Crippen molar-refractivity contribution in [3.8, 4) is 0 Å². The second-order valence-corrected chi connectivity index (χ2v) is 7.70. The molecule has 0 amide bonds. The highest BCUT2D eigenvalue weighted by atomic mass is 16.4. The maximum absolute atomic E-state index is 10.2. The lowest BCUT2D eigenvalue weighted by atomic mass is 9.78. The second-order valence-electron chi connectivity index (χ2n) is 7.70. The van der Waals surface area contributed by atoms with Crippen LogP contribution in [0.2, 0.25) is 0 Å². The molecule has 4 aromatic rings. The van der Waals surface area contributed by atoms with Crippen molar-refractivity contribution in [3.63, 3.8) is 0 Å². The first-order valence-electron chi connectivity index (χ1n) is 10.5. The first-order chi connectivity index (χ1) is 15.8. The minimum atomic E-state index is -0.879. The van der Waals surface area contributed by atoms with Gasteiger partial charge >= 0.3 is 11.9 Å². The van der Waals surface area contributed by atoms with Gasteiger partial charge in [0.15, 0.2) is 0 Å². The highest BCUT2D eigenvalue weighted by molar-refractivity contribution is 5.87. The minimum Gasteiger partial charge on any atom is -0.478 e. The third kappa shape index (κ3) is 8.11. The minimum absolute atomic E-state index is 0.0858. The van der Waals surface area contributed by atoms with Gasteiger partial charge in [-0.2, -0.15) is 0 Å². The quantitative estimate of drug-likeness (QED) is 0.367. The van der Waals surface area contributed by atoms with Crippen LogP contribution in [0.3, 0.4) is 0 Å². The van der Waals surface area contributed by atoms with E-state index in [2.05, 4.69) is 74.5 Å². The van der Waals surface area contributed by atoms with E-state index in [4.69, 9.17) is 10.2 Å². The molecule has 2 N–H and O–H groups in total. The Kier molecular flexibility index (Phi) is 9.59. The molecule has 4 rings (SSSR count). The normalized spacial score (nSPS) is 10.0. The van der Waals surface area contributed by atoms with Crippen LogP contribution < -0.4 is 0 Å². The molecule has 4 heteroatoms. The summed E-state index contributed by atoms with van der Waals surface area (Å²) in [7, 11) is 0. The van der Waals surface area contributed by atoms with Crippen LogP contribution in [0, 0.1) is 0 Å². The average molecular weight is 441 g/mol. The van der Waals surface area contributed by atoms with E-state index in [0.717, 1.165) is 0 Å². The van der Waals surface area contributed by atoms with Crippen molar-refractivity contribution in [2.24, 2.45) is 0 Å². The Morgan fingerprint density at radius 1 is 0.485 bits per heavy atom. The summed E-state index contributed by atoms with van der Waals surface area (Å²) < 4.78 is 0. The van der Waals surface area contributed by atoms with Gasteiger partial charge in [0.1, 0.15) is 0 Å². The van der Waals surface area contributed by atoms with Gasteiger partial charge in [-0.25, -0.2) is 9.59 Å². The molecule has 33 heavy (non-hydrogen) atoms. The molecule has 0 unspecified atom stereocenters. The Bertz CT molecular complexity index is 1020.